The Labute approximate surface area is 143 Å². The van der Waals surface area contributed by atoms with Crippen LogP contribution in [0.1, 0.15) is 37.4 Å². The second-order valence-electron chi connectivity index (χ2n) is 7.30. The average molecular weight is 347 g/mol. The Hall–Kier alpha value is -1.72. The third-order valence-electron chi connectivity index (χ3n) is 4.56. The fraction of sp³-hybridized carbons (Fsp3) is 0.368. The number of hydrogen-bond acceptors (Lipinski definition) is 2. The molecule has 1 atom stereocenters. The Morgan fingerprint density at radius 3 is 2.21 bits per heavy atom. The Kier molecular flexibility index (Phi) is 4.26. The summed E-state index contributed by atoms with van der Waals surface area (Å²) in [6.07, 6.45) is 0.712. The number of rotatable bonds is 3. The predicted molar refractivity (Wildman–Crippen MR) is 92.6 cm³/mol. The molecule has 0 spiro atoms. The Bertz CT molecular complexity index is 827. The summed E-state index contributed by atoms with van der Waals surface area (Å²) < 4.78 is 41.1. The normalized spacial score (nSPS) is 21.1. The quantitative estimate of drug-likeness (QED) is 0.830. The van der Waals surface area contributed by atoms with Gasteiger partial charge in [0.1, 0.15) is 5.82 Å². The van der Waals surface area contributed by atoms with Gasteiger partial charge in [-0.3, -0.25) is 0 Å². The van der Waals surface area contributed by atoms with Crippen molar-refractivity contribution in [2.75, 3.05) is 6.54 Å². The molecule has 1 fully saturated rings. The number of sulfonamides is 1. The minimum Gasteiger partial charge on any atom is -0.207 e. The first-order chi connectivity index (χ1) is 11.2. The van der Waals surface area contributed by atoms with Gasteiger partial charge in [-0.15, -0.1) is 0 Å². The van der Waals surface area contributed by atoms with Gasteiger partial charge >= 0.3 is 0 Å². The first-order valence-electron chi connectivity index (χ1n) is 8.03. The zero-order chi connectivity index (χ0) is 17.5. The van der Waals surface area contributed by atoms with E-state index in [0.29, 0.717) is 17.9 Å². The highest BCUT2D eigenvalue weighted by atomic mass is 32.2. The summed E-state index contributed by atoms with van der Waals surface area (Å²) in [5.74, 6) is -0.316. The summed E-state index contributed by atoms with van der Waals surface area (Å²) in [7, 11) is -3.59. The smallest absolute Gasteiger partial charge is 0.207 e. The molecule has 3 nitrogen and oxygen atoms in total. The van der Waals surface area contributed by atoms with Crippen molar-refractivity contribution in [1.82, 2.24) is 4.31 Å². The minimum atomic E-state index is -3.59. The molecule has 24 heavy (non-hydrogen) atoms. The lowest BCUT2D eigenvalue weighted by Gasteiger charge is -2.24. The van der Waals surface area contributed by atoms with Crippen LogP contribution in [0.3, 0.4) is 0 Å². The van der Waals surface area contributed by atoms with Crippen LogP contribution < -0.4 is 0 Å². The molecule has 1 aliphatic rings. The molecule has 2 aromatic carbocycles. The molecule has 1 saturated heterocycles. The number of benzene rings is 2. The fourth-order valence-electron chi connectivity index (χ4n) is 3.29. The molecular weight excluding hydrogens is 325 g/mol. The lowest BCUT2D eigenvalue weighted by Crippen LogP contribution is -2.32. The number of hydrogen-bond donors (Lipinski definition) is 0. The van der Waals surface area contributed by atoms with Gasteiger partial charge in [0.25, 0.3) is 0 Å². The molecule has 1 unspecified atom stereocenters. The monoisotopic (exact) mass is 347 g/mol. The first-order valence-corrected chi connectivity index (χ1v) is 9.47. The van der Waals surface area contributed by atoms with E-state index in [1.165, 1.54) is 12.1 Å². The van der Waals surface area contributed by atoms with E-state index >= 15 is 0 Å². The van der Waals surface area contributed by atoms with Gasteiger partial charge in [-0.2, -0.15) is 4.31 Å². The van der Waals surface area contributed by atoms with Gasteiger partial charge in [0, 0.05) is 6.54 Å². The lowest BCUT2D eigenvalue weighted by molar-refractivity contribution is 0.368. The standard InChI is InChI=1S/C19H22FNO2S/c1-14-4-10-17(11-5-14)24(22,23)21-13-19(2,3)12-18(21)15-6-8-16(20)9-7-15/h4-11,18H,12-13H2,1-3H3. The summed E-state index contributed by atoms with van der Waals surface area (Å²) in [4.78, 5) is 0.304. The third-order valence-corrected chi connectivity index (χ3v) is 6.43. The van der Waals surface area contributed by atoms with Gasteiger partial charge in [0.2, 0.25) is 10.0 Å². The Balaban J connectivity index is 2.02. The molecular formula is C19H22FNO2S. The highest BCUT2D eigenvalue weighted by molar-refractivity contribution is 7.89. The average Bonchev–Trinajstić information content (AvgIpc) is 2.85. The van der Waals surface area contributed by atoms with Crippen LogP contribution in [-0.2, 0) is 10.0 Å². The van der Waals surface area contributed by atoms with Crippen LogP contribution in [0.15, 0.2) is 53.4 Å². The highest BCUT2D eigenvalue weighted by Crippen LogP contribution is 2.45. The summed E-state index contributed by atoms with van der Waals surface area (Å²) in [5.41, 5.74) is 1.72. The second kappa shape index (κ2) is 5.97. The minimum absolute atomic E-state index is 0.128. The van der Waals surface area contributed by atoms with Crippen LogP contribution in [0.2, 0.25) is 0 Å². The molecule has 128 valence electrons. The lowest BCUT2D eigenvalue weighted by atomic mass is 9.89. The van der Waals surface area contributed by atoms with Crippen molar-refractivity contribution >= 4 is 10.0 Å². The SMILES string of the molecule is Cc1ccc(S(=O)(=O)N2CC(C)(C)CC2c2ccc(F)cc2)cc1. The van der Waals surface area contributed by atoms with Crippen molar-refractivity contribution in [1.29, 1.82) is 0 Å². The van der Waals surface area contributed by atoms with Gasteiger partial charge < -0.3 is 0 Å². The van der Waals surface area contributed by atoms with Crippen LogP contribution >= 0.6 is 0 Å². The molecule has 0 saturated carbocycles. The zero-order valence-corrected chi connectivity index (χ0v) is 15.0. The van der Waals surface area contributed by atoms with E-state index in [1.807, 2.05) is 6.92 Å². The molecule has 0 N–H and O–H groups in total. The number of halogens is 1. The van der Waals surface area contributed by atoms with Gasteiger partial charge in [0.05, 0.1) is 10.9 Å². The van der Waals surface area contributed by atoms with Crippen molar-refractivity contribution < 1.29 is 12.8 Å². The largest absolute Gasteiger partial charge is 0.243 e. The maximum atomic E-state index is 13.2. The van der Waals surface area contributed by atoms with Crippen LogP contribution in [0, 0.1) is 18.2 Å². The Morgan fingerprint density at radius 2 is 1.62 bits per heavy atom. The molecule has 0 radical (unpaired) electrons. The molecule has 0 aromatic heterocycles. The molecule has 1 heterocycles. The van der Waals surface area contributed by atoms with E-state index < -0.39 is 10.0 Å². The Morgan fingerprint density at radius 1 is 1.04 bits per heavy atom. The van der Waals surface area contributed by atoms with Crippen molar-refractivity contribution in [3.05, 3.63) is 65.5 Å². The summed E-state index contributed by atoms with van der Waals surface area (Å²) in [6, 6.07) is 12.8. The maximum absolute atomic E-state index is 13.2. The molecule has 0 bridgehead atoms. The van der Waals surface area contributed by atoms with Crippen molar-refractivity contribution in [3.8, 4) is 0 Å². The van der Waals surface area contributed by atoms with E-state index in [9.17, 15) is 12.8 Å². The van der Waals surface area contributed by atoms with E-state index in [0.717, 1.165) is 11.1 Å². The fourth-order valence-corrected chi connectivity index (χ4v) is 5.09. The molecule has 0 aliphatic carbocycles. The van der Waals surface area contributed by atoms with Gasteiger partial charge in [-0.25, -0.2) is 12.8 Å². The van der Waals surface area contributed by atoms with Gasteiger partial charge in [-0.1, -0.05) is 43.7 Å². The van der Waals surface area contributed by atoms with E-state index in [4.69, 9.17) is 0 Å². The van der Waals surface area contributed by atoms with Crippen molar-refractivity contribution in [3.63, 3.8) is 0 Å². The number of nitrogens with zero attached hydrogens (tertiary/aromatic N) is 1. The predicted octanol–water partition coefficient (Wildman–Crippen LogP) is 4.30. The molecule has 5 heteroatoms. The maximum Gasteiger partial charge on any atom is 0.243 e. The van der Waals surface area contributed by atoms with Gasteiger partial charge in [0.15, 0.2) is 0 Å². The van der Waals surface area contributed by atoms with Crippen LogP contribution in [0.25, 0.3) is 0 Å². The van der Waals surface area contributed by atoms with E-state index in [-0.39, 0.29) is 17.3 Å². The topological polar surface area (TPSA) is 37.4 Å². The molecule has 0 amide bonds. The highest BCUT2D eigenvalue weighted by Gasteiger charge is 2.44. The summed E-state index contributed by atoms with van der Waals surface area (Å²) in [5, 5.41) is 0. The summed E-state index contributed by atoms with van der Waals surface area (Å²) in [6.45, 7) is 6.50. The summed E-state index contributed by atoms with van der Waals surface area (Å²) >= 11 is 0. The van der Waals surface area contributed by atoms with Crippen LogP contribution in [0.4, 0.5) is 4.39 Å². The van der Waals surface area contributed by atoms with E-state index in [1.54, 1.807) is 40.7 Å². The first kappa shape index (κ1) is 17.1. The van der Waals surface area contributed by atoms with Crippen molar-refractivity contribution in [2.45, 2.75) is 38.1 Å². The molecule has 2 aromatic rings. The third kappa shape index (κ3) is 3.23. The number of aryl methyl sites for hydroxylation is 1. The second-order valence-corrected chi connectivity index (χ2v) is 9.19. The van der Waals surface area contributed by atoms with Crippen molar-refractivity contribution in [2.24, 2.45) is 5.41 Å². The van der Waals surface area contributed by atoms with E-state index in [2.05, 4.69) is 13.8 Å². The molecule has 3 rings (SSSR count). The van der Waals surface area contributed by atoms with Gasteiger partial charge in [-0.05, 0) is 48.6 Å². The zero-order valence-electron chi connectivity index (χ0n) is 14.2. The van der Waals surface area contributed by atoms with Crippen LogP contribution in [-0.4, -0.2) is 19.3 Å². The molecule has 1 aliphatic heterocycles. The van der Waals surface area contributed by atoms with Crippen LogP contribution in [0.5, 0.6) is 0 Å².